The van der Waals surface area contributed by atoms with E-state index in [1.54, 1.807) is 0 Å². The zero-order chi connectivity index (χ0) is 12.5. The van der Waals surface area contributed by atoms with Crippen molar-refractivity contribution >= 4 is 10.0 Å². The predicted octanol–water partition coefficient (Wildman–Crippen LogP) is 0.847. The molecule has 0 fully saturated rings. The summed E-state index contributed by atoms with van der Waals surface area (Å²) >= 11 is 0. The highest BCUT2D eigenvalue weighted by molar-refractivity contribution is 7.89. The molecule has 0 aliphatic rings. The first-order valence-electron chi connectivity index (χ1n) is 4.00. The Morgan fingerprint density at radius 1 is 1.56 bits per heavy atom. The van der Waals surface area contributed by atoms with E-state index in [1.807, 2.05) is 0 Å². The molecule has 0 saturated carbocycles. The topological polar surface area (TPSA) is 96.8 Å². The fourth-order valence-electron chi connectivity index (χ4n) is 1.17. The summed E-state index contributed by atoms with van der Waals surface area (Å²) in [6.07, 6.45) is -2.89. The van der Waals surface area contributed by atoms with Gasteiger partial charge in [-0.1, -0.05) is 0 Å². The van der Waals surface area contributed by atoms with Gasteiger partial charge in [-0.2, -0.15) is 5.26 Å². The van der Waals surface area contributed by atoms with Crippen LogP contribution in [0.1, 0.15) is 23.2 Å². The van der Waals surface area contributed by atoms with Crippen LogP contribution in [0.5, 0.6) is 0 Å². The Labute approximate surface area is 90.6 Å². The number of rotatable bonds is 2. The molecule has 8 heteroatoms. The molecule has 1 aromatic rings. The molecule has 1 rings (SSSR count). The standard InChI is InChI=1S/C8H7F2N3O2S/c1-4-7(8(9)10)5(3-11)2-6(13-4)16(12,14)15/h2,8H,1H3,(H2,12,14,15). The largest absolute Gasteiger partial charge is 0.266 e. The lowest BCUT2D eigenvalue weighted by Gasteiger charge is -2.07. The second kappa shape index (κ2) is 4.11. The number of primary sulfonamides is 1. The number of nitrogens with two attached hydrogens (primary N) is 1. The van der Waals surface area contributed by atoms with E-state index in [2.05, 4.69) is 4.98 Å². The minimum atomic E-state index is -4.11. The molecule has 0 radical (unpaired) electrons. The van der Waals surface area contributed by atoms with E-state index in [0.717, 1.165) is 6.07 Å². The Morgan fingerprint density at radius 2 is 2.12 bits per heavy atom. The van der Waals surface area contributed by atoms with Gasteiger partial charge >= 0.3 is 0 Å². The third-order valence-corrected chi connectivity index (χ3v) is 2.65. The smallest absolute Gasteiger partial charge is 0.240 e. The number of hydrogen-bond donors (Lipinski definition) is 1. The van der Waals surface area contributed by atoms with Crippen LogP contribution in [0.3, 0.4) is 0 Å². The summed E-state index contributed by atoms with van der Waals surface area (Å²) in [5.74, 6) is 0. The van der Waals surface area contributed by atoms with Crippen molar-refractivity contribution in [2.75, 3.05) is 0 Å². The molecule has 0 aromatic carbocycles. The van der Waals surface area contributed by atoms with Crippen molar-refractivity contribution in [3.63, 3.8) is 0 Å². The van der Waals surface area contributed by atoms with Crippen LogP contribution in [0.25, 0.3) is 0 Å². The van der Waals surface area contributed by atoms with Gasteiger partial charge in [-0.15, -0.1) is 0 Å². The van der Waals surface area contributed by atoms with Gasteiger partial charge in [0.25, 0.3) is 16.4 Å². The number of nitrogens with zero attached hydrogens (tertiary/aromatic N) is 2. The first-order valence-corrected chi connectivity index (χ1v) is 5.54. The van der Waals surface area contributed by atoms with Crippen LogP contribution in [-0.2, 0) is 10.0 Å². The summed E-state index contributed by atoms with van der Waals surface area (Å²) in [6.45, 7) is 1.19. The van der Waals surface area contributed by atoms with E-state index in [0.29, 0.717) is 0 Å². The third kappa shape index (κ3) is 2.32. The predicted molar refractivity (Wildman–Crippen MR) is 50.0 cm³/mol. The summed E-state index contributed by atoms with van der Waals surface area (Å²) in [5.41, 5.74) is -1.24. The summed E-state index contributed by atoms with van der Waals surface area (Å²) < 4.78 is 47.0. The second-order valence-electron chi connectivity index (χ2n) is 2.96. The fraction of sp³-hybridized carbons (Fsp3) is 0.250. The first kappa shape index (κ1) is 12.5. The maximum Gasteiger partial charge on any atom is 0.266 e. The van der Waals surface area contributed by atoms with Crippen molar-refractivity contribution < 1.29 is 17.2 Å². The molecule has 86 valence electrons. The van der Waals surface area contributed by atoms with Crippen molar-refractivity contribution in [2.45, 2.75) is 18.4 Å². The summed E-state index contributed by atoms with van der Waals surface area (Å²) in [7, 11) is -4.11. The van der Waals surface area contributed by atoms with E-state index in [1.165, 1.54) is 13.0 Å². The molecule has 0 spiro atoms. The van der Waals surface area contributed by atoms with E-state index in [4.69, 9.17) is 10.4 Å². The van der Waals surface area contributed by atoms with Crippen LogP contribution in [0.4, 0.5) is 8.78 Å². The minimum absolute atomic E-state index is 0.224. The number of sulfonamides is 1. The highest BCUT2D eigenvalue weighted by atomic mass is 32.2. The van der Waals surface area contributed by atoms with Gasteiger partial charge < -0.3 is 0 Å². The molecule has 5 nitrogen and oxygen atoms in total. The molecule has 1 heterocycles. The summed E-state index contributed by atoms with van der Waals surface area (Å²) in [5, 5.41) is 12.8. The number of halogens is 2. The van der Waals surface area contributed by atoms with Crippen LogP contribution in [0, 0.1) is 18.3 Å². The molecule has 0 bridgehead atoms. The van der Waals surface area contributed by atoms with Crippen LogP contribution < -0.4 is 5.14 Å². The van der Waals surface area contributed by atoms with Crippen molar-refractivity contribution in [1.29, 1.82) is 5.26 Å². The van der Waals surface area contributed by atoms with Gasteiger partial charge in [0, 0.05) is 5.69 Å². The molecule has 16 heavy (non-hydrogen) atoms. The lowest BCUT2D eigenvalue weighted by Crippen LogP contribution is -2.16. The Morgan fingerprint density at radius 3 is 2.50 bits per heavy atom. The molecule has 2 N–H and O–H groups in total. The van der Waals surface area contributed by atoms with E-state index in [9.17, 15) is 17.2 Å². The lowest BCUT2D eigenvalue weighted by molar-refractivity contribution is 0.149. The van der Waals surface area contributed by atoms with Crippen molar-refractivity contribution in [1.82, 2.24) is 4.98 Å². The van der Waals surface area contributed by atoms with E-state index >= 15 is 0 Å². The monoisotopic (exact) mass is 247 g/mol. The number of nitriles is 1. The SMILES string of the molecule is Cc1nc(S(N)(=O)=O)cc(C#N)c1C(F)F. The fourth-order valence-corrected chi connectivity index (χ4v) is 1.71. The lowest BCUT2D eigenvalue weighted by atomic mass is 10.1. The minimum Gasteiger partial charge on any atom is -0.240 e. The molecule has 0 saturated heterocycles. The van der Waals surface area contributed by atoms with Gasteiger partial charge in [0.2, 0.25) is 0 Å². The zero-order valence-corrected chi connectivity index (χ0v) is 8.92. The molecule has 0 aliphatic carbocycles. The Bertz CT molecular complexity index is 563. The number of aromatic nitrogens is 1. The molecule has 0 amide bonds. The van der Waals surface area contributed by atoms with Crippen LogP contribution in [-0.4, -0.2) is 13.4 Å². The van der Waals surface area contributed by atoms with Crippen LogP contribution >= 0.6 is 0 Å². The summed E-state index contributed by atoms with van der Waals surface area (Å²) in [4.78, 5) is 3.43. The molecular formula is C8H7F2N3O2S. The number of hydrogen-bond acceptors (Lipinski definition) is 4. The van der Waals surface area contributed by atoms with Crippen LogP contribution in [0.2, 0.25) is 0 Å². The molecule has 1 aromatic heterocycles. The van der Waals surface area contributed by atoms with Gasteiger partial charge in [0.05, 0.1) is 17.2 Å². The highest BCUT2D eigenvalue weighted by Crippen LogP contribution is 2.26. The molecule has 0 atom stereocenters. The molecule has 0 unspecified atom stereocenters. The van der Waals surface area contributed by atoms with Gasteiger partial charge in [-0.05, 0) is 13.0 Å². The number of alkyl halides is 2. The Kier molecular flexibility index (Phi) is 3.21. The summed E-state index contributed by atoms with van der Waals surface area (Å²) in [6, 6.07) is 2.23. The normalized spacial score (nSPS) is 11.5. The Hall–Kier alpha value is -1.59. The molecular weight excluding hydrogens is 240 g/mol. The number of aryl methyl sites for hydroxylation is 1. The average Bonchev–Trinajstić information content (AvgIpc) is 2.14. The van der Waals surface area contributed by atoms with Crippen LogP contribution in [0.15, 0.2) is 11.1 Å². The first-order chi connectivity index (χ1) is 7.27. The maximum atomic E-state index is 12.5. The van der Waals surface area contributed by atoms with Gasteiger partial charge in [-0.25, -0.2) is 27.3 Å². The van der Waals surface area contributed by atoms with Crippen molar-refractivity contribution in [3.8, 4) is 6.07 Å². The Balaban J connectivity index is 3.59. The highest BCUT2D eigenvalue weighted by Gasteiger charge is 2.21. The average molecular weight is 247 g/mol. The third-order valence-electron chi connectivity index (χ3n) is 1.86. The van der Waals surface area contributed by atoms with Gasteiger partial charge in [0.1, 0.15) is 0 Å². The zero-order valence-electron chi connectivity index (χ0n) is 8.11. The van der Waals surface area contributed by atoms with Gasteiger partial charge in [0.15, 0.2) is 5.03 Å². The second-order valence-corrected chi connectivity index (χ2v) is 4.47. The van der Waals surface area contributed by atoms with E-state index < -0.39 is 32.6 Å². The van der Waals surface area contributed by atoms with Crippen molar-refractivity contribution in [3.05, 3.63) is 22.9 Å². The van der Waals surface area contributed by atoms with E-state index in [-0.39, 0.29) is 5.69 Å². The van der Waals surface area contributed by atoms with Gasteiger partial charge in [-0.3, -0.25) is 0 Å². The molecule has 0 aliphatic heterocycles. The van der Waals surface area contributed by atoms with Crippen molar-refractivity contribution in [2.24, 2.45) is 5.14 Å². The maximum absolute atomic E-state index is 12.5. The quantitative estimate of drug-likeness (QED) is 0.837. The number of pyridine rings is 1.